The van der Waals surface area contributed by atoms with Gasteiger partial charge in [-0.15, -0.1) is 23.5 Å². The van der Waals surface area contributed by atoms with E-state index in [1.54, 1.807) is 18.7 Å². The molecular weight excluding hydrogens is 266 g/mol. The molecule has 1 unspecified atom stereocenters. The summed E-state index contributed by atoms with van der Waals surface area (Å²) in [5.74, 6) is -0.854. The van der Waals surface area contributed by atoms with Crippen LogP contribution < -0.4 is 0 Å². The summed E-state index contributed by atoms with van der Waals surface area (Å²) in [7, 11) is 0. The highest BCUT2D eigenvalue weighted by Crippen LogP contribution is 2.34. The minimum atomic E-state index is -0.854. The molecule has 5 heteroatoms. The predicted molar refractivity (Wildman–Crippen MR) is 75.6 cm³/mol. The maximum atomic E-state index is 10.5. The number of nitrogens with zero attached hydrogens (tertiary/aromatic N) is 1. The molecule has 1 N–H and O–H groups in total. The maximum absolute atomic E-state index is 10.5. The number of hydrogen-bond donors (Lipinski definition) is 1. The number of carboxylic acids is 1. The normalized spacial score (nSPS) is 13.6. The van der Waals surface area contributed by atoms with Crippen LogP contribution in [-0.4, -0.2) is 20.9 Å². The van der Waals surface area contributed by atoms with Crippen LogP contribution in [0.1, 0.15) is 19.8 Å². The van der Waals surface area contributed by atoms with Crippen molar-refractivity contribution in [3.63, 3.8) is 0 Å². The van der Waals surface area contributed by atoms with E-state index in [-0.39, 0.29) is 6.42 Å². The smallest absolute Gasteiger partial charge is 0.303 e. The summed E-state index contributed by atoms with van der Waals surface area (Å²) < 4.78 is -0.625. The Hall–Kier alpha value is -1.12. The minimum absolute atomic E-state index is 0.0348. The first-order valence-electron chi connectivity index (χ1n) is 5.50. The topological polar surface area (TPSA) is 61.1 Å². The van der Waals surface area contributed by atoms with Crippen LogP contribution in [0, 0.1) is 11.3 Å². The fraction of sp³-hybridized carbons (Fsp3) is 0.385. The molecule has 1 aromatic rings. The highest BCUT2D eigenvalue weighted by atomic mass is 32.2. The Labute approximate surface area is 116 Å². The van der Waals surface area contributed by atoms with Crippen molar-refractivity contribution in [3.8, 4) is 6.07 Å². The lowest BCUT2D eigenvalue weighted by Crippen LogP contribution is -2.19. The second-order valence-electron chi connectivity index (χ2n) is 3.96. The van der Waals surface area contributed by atoms with Crippen molar-refractivity contribution in [3.05, 3.63) is 30.3 Å². The fourth-order valence-electron chi connectivity index (χ4n) is 1.25. The van der Waals surface area contributed by atoms with Crippen molar-refractivity contribution in [1.29, 1.82) is 5.26 Å². The lowest BCUT2D eigenvalue weighted by Gasteiger charge is -2.19. The molecule has 0 bridgehead atoms. The summed E-state index contributed by atoms with van der Waals surface area (Å²) in [5.41, 5.74) is 0. The van der Waals surface area contributed by atoms with Crippen molar-refractivity contribution < 1.29 is 9.90 Å². The maximum Gasteiger partial charge on any atom is 0.303 e. The van der Waals surface area contributed by atoms with Gasteiger partial charge in [0.15, 0.2) is 0 Å². The van der Waals surface area contributed by atoms with Gasteiger partial charge in [0.25, 0.3) is 0 Å². The number of nitriles is 1. The van der Waals surface area contributed by atoms with Crippen LogP contribution in [0.15, 0.2) is 35.2 Å². The molecule has 0 heterocycles. The van der Waals surface area contributed by atoms with Gasteiger partial charge in [-0.1, -0.05) is 18.2 Å². The molecule has 0 aliphatic rings. The molecule has 18 heavy (non-hydrogen) atoms. The van der Waals surface area contributed by atoms with E-state index in [2.05, 4.69) is 6.07 Å². The minimum Gasteiger partial charge on any atom is -0.481 e. The first-order chi connectivity index (χ1) is 8.56. The van der Waals surface area contributed by atoms with Gasteiger partial charge in [0.1, 0.15) is 4.75 Å². The van der Waals surface area contributed by atoms with Crippen molar-refractivity contribution in [2.45, 2.75) is 29.4 Å². The fourth-order valence-corrected chi connectivity index (χ4v) is 3.73. The van der Waals surface area contributed by atoms with Crippen molar-refractivity contribution in [2.24, 2.45) is 0 Å². The third kappa shape index (κ3) is 5.48. The van der Waals surface area contributed by atoms with Crippen LogP contribution in [0.3, 0.4) is 0 Å². The van der Waals surface area contributed by atoms with Gasteiger partial charge in [-0.3, -0.25) is 4.79 Å². The van der Waals surface area contributed by atoms with Gasteiger partial charge >= 0.3 is 5.97 Å². The monoisotopic (exact) mass is 281 g/mol. The Morgan fingerprint density at radius 2 is 2.11 bits per heavy atom. The first kappa shape index (κ1) is 14.9. The number of thioether (sulfide) groups is 2. The summed E-state index contributed by atoms with van der Waals surface area (Å²) >= 11 is 3.16. The molecule has 0 radical (unpaired) electrons. The molecular formula is C13H15NO2S2. The predicted octanol–water partition coefficient (Wildman–Crippen LogP) is 3.62. The third-order valence-corrected chi connectivity index (χ3v) is 4.88. The van der Waals surface area contributed by atoms with Crippen LogP contribution in [0.5, 0.6) is 0 Å². The van der Waals surface area contributed by atoms with Gasteiger partial charge in [0.2, 0.25) is 0 Å². The van der Waals surface area contributed by atoms with Gasteiger partial charge in [0.05, 0.1) is 6.07 Å². The summed E-state index contributed by atoms with van der Waals surface area (Å²) in [5, 5.41) is 18.5. The van der Waals surface area contributed by atoms with Crippen LogP contribution in [0.25, 0.3) is 0 Å². The summed E-state index contributed by atoms with van der Waals surface area (Å²) in [6.07, 6.45) is 0.409. The van der Waals surface area contributed by atoms with Crippen LogP contribution in [-0.2, 0) is 4.79 Å². The Kier molecular flexibility index (Phi) is 6.10. The Bertz CT molecular complexity index is 430. The molecule has 0 aliphatic heterocycles. The zero-order valence-electron chi connectivity index (χ0n) is 10.1. The molecule has 0 saturated carbocycles. The zero-order valence-corrected chi connectivity index (χ0v) is 11.8. The quantitative estimate of drug-likeness (QED) is 0.611. The molecule has 1 rings (SSSR count). The number of rotatable bonds is 7. The van der Waals surface area contributed by atoms with Crippen LogP contribution in [0.4, 0.5) is 0 Å². The molecule has 0 fully saturated rings. The zero-order chi connectivity index (χ0) is 13.4. The first-order valence-corrected chi connectivity index (χ1v) is 7.48. The van der Waals surface area contributed by atoms with E-state index in [1.165, 1.54) is 11.8 Å². The average Bonchev–Trinajstić information content (AvgIpc) is 2.38. The number of benzene rings is 1. The summed E-state index contributed by atoms with van der Waals surface area (Å²) in [6, 6.07) is 12.2. The molecule has 0 spiro atoms. The van der Waals surface area contributed by atoms with E-state index in [1.807, 2.05) is 30.3 Å². The van der Waals surface area contributed by atoms with E-state index in [4.69, 9.17) is 10.4 Å². The molecule has 0 amide bonds. The summed E-state index contributed by atoms with van der Waals surface area (Å²) in [4.78, 5) is 11.7. The number of hydrogen-bond acceptors (Lipinski definition) is 4. The second-order valence-corrected chi connectivity index (χ2v) is 6.85. The molecule has 0 saturated heterocycles. The largest absolute Gasteiger partial charge is 0.481 e. The van der Waals surface area contributed by atoms with Gasteiger partial charge in [-0.2, -0.15) is 5.26 Å². The SMILES string of the molecule is CC(C#N)(CCC(=O)O)SCSc1ccccc1. The standard InChI is InChI=1S/C13H15NO2S2/c1-13(9-14,8-7-12(15)16)18-10-17-11-5-3-2-4-6-11/h2-6H,7-8,10H2,1H3,(H,15,16). The second kappa shape index (κ2) is 7.34. The van der Waals surface area contributed by atoms with Gasteiger partial charge in [-0.25, -0.2) is 0 Å². The van der Waals surface area contributed by atoms with Crippen molar-refractivity contribution >= 4 is 29.5 Å². The Balaban J connectivity index is 2.40. The van der Waals surface area contributed by atoms with E-state index in [0.717, 1.165) is 9.98 Å². The average molecular weight is 281 g/mol. The lowest BCUT2D eigenvalue weighted by molar-refractivity contribution is -0.137. The van der Waals surface area contributed by atoms with Crippen LogP contribution in [0.2, 0.25) is 0 Å². The van der Waals surface area contributed by atoms with Crippen LogP contribution >= 0.6 is 23.5 Å². The number of aliphatic carboxylic acids is 1. The third-order valence-electron chi connectivity index (χ3n) is 2.40. The number of carbonyl (C=O) groups is 1. The van der Waals surface area contributed by atoms with E-state index < -0.39 is 10.7 Å². The van der Waals surface area contributed by atoms with Gasteiger partial charge < -0.3 is 5.11 Å². The molecule has 96 valence electrons. The van der Waals surface area contributed by atoms with Crippen molar-refractivity contribution in [1.82, 2.24) is 0 Å². The lowest BCUT2D eigenvalue weighted by atomic mass is 10.1. The van der Waals surface area contributed by atoms with E-state index >= 15 is 0 Å². The van der Waals surface area contributed by atoms with Crippen molar-refractivity contribution in [2.75, 3.05) is 5.08 Å². The highest BCUT2D eigenvalue weighted by molar-refractivity contribution is 8.16. The summed E-state index contributed by atoms with van der Waals surface area (Å²) in [6.45, 7) is 1.80. The van der Waals surface area contributed by atoms with E-state index in [0.29, 0.717) is 6.42 Å². The Morgan fingerprint density at radius 3 is 2.67 bits per heavy atom. The van der Waals surface area contributed by atoms with Gasteiger partial charge in [-0.05, 0) is 25.5 Å². The molecule has 1 aromatic carbocycles. The molecule has 3 nitrogen and oxygen atoms in total. The van der Waals surface area contributed by atoms with Gasteiger partial charge in [0, 0.05) is 16.4 Å². The molecule has 0 aromatic heterocycles. The van der Waals surface area contributed by atoms with E-state index in [9.17, 15) is 4.79 Å². The highest BCUT2D eigenvalue weighted by Gasteiger charge is 2.25. The number of carboxylic acid groups (broad SMARTS) is 1. The molecule has 1 atom stereocenters. The Morgan fingerprint density at radius 1 is 1.44 bits per heavy atom. The molecule has 0 aliphatic carbocycles.